The normalized spacial score (nSPS) is 17.2. The maximum absolute atomic E-state index is 12.8. The topological polar surface area (TPSA) is 50.2 Å². The Morgan fingerprint density at radius 1 is 1.20 bits per heavy atom. The van der Waals surface area contributed by atoms with Crippen molar-refractivity contribution in [2.45, 2.75) is 39.8 Å². The van der Waals surface area contributed by atoms with Crippen LogP contribution < -0.4 is 5.32 Å². The third-order valence-electron chi connectivity index (χ3n) is 5.74. The number of hydrogen-bond donors (Lipinski definition) is 1. The number of carbonyl (C=O) groups excluding carboxylic acids is 1. The molecule has 3 heterocycles. The summed E-state index contributed by atoms with van der Waals surface area (Å²) >= 11 is 1.82. The van der Waals surface area contributed by atoms with Gasteiger partial charge in [-0.2, -0.15) is 5.10 Å². The van der Waals surface area contributed by atoms with Crippen LogP contribution in [0.2, 0.25) is 0 Å². The van der Waals surface area contributed by atoms with Crippen LogP contribution in [-0.4, -0.2) is 40.2 Å². The molecule has 1 aliphatic rings. The number of nitrogens with one attached hydrogen (secondary N) is 1. The molecule has 0 saturated carbocycles. The highest BCUT2D eigenvalue weighted by Crippen LogP contribution is 2.20. The Balaban J connectivity index is 1.31. The van der Waals surface area contributed by atoms with Gasteiger partial charge in [0.2, 0.25) is 0 Å². The Morgan fingerprint density at radius 3 is 2.87 bits per heavy atom. The molecule has 4 rings (SSSR count). The van der Waals surface area contributed by atoms with Crippen LogP contribution in [-0.2, 0) is 13.1 Å². The first kappa shape index (κ1) is 20.8. The standard InChI is InChI=1S/C24H30N4OS/c1-18-12-19(2)28(26-18)16-20-6-3-8-22(13-20)24(29)25-14-21-7-4-10-27(15-21)17-23-9-5-11-30-23/h3,5-6,8-9,11-13,21H,4,7,10,14-17H2,1-2H3,(H,25,29). The molecule has 0 aliphatic carbocycles. The maximum Gasteiger partial charge on any atom is 0.251 e. The van der Waals surface area contributed by atoms with E-state index in [2.05, 4.69) is 51.9 Å². The van der Waals surface area contributed by atoms with Crippen molar-refractivity contribution >= 4 is 17.2 Å². The van der Waals surface area contributed by atoms with E-state index >= 15 is 0 Å². The number of aromatic nitrogens is 2. The summed E-state index contributed by atoms with van der Waals surface area (Å²) in [6.07, 6.45) is 2.38. The molecule has 1 amide bonds. The van der Waals surface area contributed by atoms with Gasteiger partial charge in [0.1, 0.15) is 0 Å². The fourth-order valence-corrected chi connectivity index (χ4v) is 4.99. The summed E-state index contributed by atoms with van der Waals surface area (Å²) in [5.41, 5.74) is 3.96. The zero-order valence-corrected chi connectivity index (χ0v) is 18.6. The van der Waals surface area contributed by atoms with Crippen LogP contribution in [0.25, 0.3) is 0 Å². The maximum atomic E-state index is 12.8. The quantitative estimate of drug-likeness (QED) is 0.619. The first-order valence-electron chi connectivity index (χ1n) is 10.7. The van der Waals surface area contributed by atoms with E-state index in [-0.39, 0.29) is 5.91 Å². The van der Waals surface area contributed by atoms with Crippen LogP contribution >= 0.6 is 11.3 Å². The second-order valence-electron chi connectivity index (χ2n) is 8.32. The number of carbonyl (C=O) groups is 1. The second-order valence-corrected chi connectivity index (χ2v) is 9.35. The van der Waals surface area contributed by atoms with Crippen LogP contribution in [0.1, 0.15) is 45.0 Å². The largest absolute Gasteiger partial charge is 0.352 e. The zero-order chi connectivity index (χ0) is 20.9. The van der Waals surface area contributed by atoms with Gasteiger partial charge in [0.25, 0.3) is 5.91 Å². The van der Waals surface area contributed by atoms with Gasteiger partial charge in [0.15, 0.2) is 0 Å². The number of likely N-dealkylation sites (tertiary alicyclic amines) is 1. The van der Waals surface area contributed by atoms with Gasteiger partial charge in [-0.25, -0.2) is 0 Å². The molecule has 1 saturated heterocycles. The number of nitrogens with zero attached hydrogens (tertiary/aromatic N) is 3. The Bertz CT molecular complexity index is 979. The molecule has 158 valence electrons. The van der Waals surface area contributed by atoms with E-state index < -0.39 is 0 Å². The summed E-state index contributed by atoms with van der Waals surface area (Å²) in [5, 5.41) is 9.83. The van der Waals surface area contributed by atoms with Crippen molar-refractivity contribution in [2.75, 3.05) is 19.6 Å². The monoisotopic (exact) mass is 422 g/mol. The SMILES string of the molecule is Cc1cc(C)n(Cc2cccc(C(=O)NCC3CCCN(Cc4cccs4)C3)c2)n1. The molecule has 1 unspecified atom stereocenters. The first-order chi connectivity index (χ1) is 14.6. The zero-order valence-electron chi connectivity index (χ0n) is 17.8. The molecule has 1 fully saturated rings. The summed E-state index contributed by atoms with van der Waals surface area (Å²) < 4.78 is 1.98. The van der Waals surface area contributed by atoms with Gasteiger partial charge in [0, 0.05) is 35.8 Å². The number of benzene rings is 1. The van der Waals surface area contributed by atoms with Crippen molar-refractivity contribution in [3.8, 4) is 0 Å². The molecule has 1 aromatic carbocycles. The average molecular weight is 423 g/mol. The molecule has 1 N–H and O–H groups in total. The predicted octanol–water partition coefficient (Wildman–Crippen LogP) is 4.25. The Hall–Kier alpha value is -2.44. The molecular formula is C24H30N4OS. The van der Waals surface area contributed by atoms with E-state index in [4.69, 9.17) is 0 Å². The van der Waals surface area contributed by atoms with Crippen molar-refractivity contribution in [1.82, 2.24) is 20.0 Å². The number of thiophene rings is 1. The number of hydrogen-bond acceptors (Lipinski definition) is 4. The predicted molar refractivity (Wildman–Crippen MR) is 122 cm³/mol. The smallest absolute Gasteiger partial charge is 0.251 e. The average Bonchev–Trinajstić information content (AvgIpc) is 3.36. The van der Waals surface area contributed by atoms with Crippen molar-refractivity contribution in [3.63, 3.8) is 0 Å². The highest BCUT2D eigenvalue weighted by molar-refractivity contribution is 7.09. The second kappa shape index (κ2) is 9.58. The first-order valence-corrected chi connectivity index (χ1v) is 11.6. The Morgan fingerprint density at radius 2 is 2.10 bits per heavy atom. The minimum Gasteiger partial charge on any atom is -0.352 e. The lowest BCUT2D eigenvalue weighted by atomic mass is 9.97. The highest BCUT2D eigenvalue weighted by atomic mass is 32.1. The van der Waals surface area contributed by atoms with Crippen LogP contribution in [0.3, 0.4) is 0 Å². The van der Waals surface area contributed by atoms with Gasteiger partial charge in [-0.05, 0) is 74.4 Å². The van der Waals surface area contributed by atoms with Gasteiger partial charge in [-0.1, -0.05) is 18.2 Å². The number of aryl methyl sites for hydroxylation is 2. The van der Waals surface area contributed by atoms with Crippen molar-refractivity contribution in [1.29, 1.82) is 0 Å². The third kappa shape index (κ3) is 5.37. The molecule has 1 atom stereocenters. The van der Waals surface area contributed by atoms with Gasteiger partial charge >= 0.3 is 0 Å². The van der Waals surface area contributed by atoms with Gasteiger partial charge in [-0.3, -0.25) is 14.4 Å². The molecule has 3 aromatic rings. The molecule has 30 heavy (non-hydrogen) atoms. The number of piperidine rings is 1. The summed E-state index contributed by atoms with van der Waals surface area (Å²) in [6.45, 7) is 8.70. The van der Waals surface area contributed by atoms with Crippen molar-refractivity contribution in [2.24, 2.45) is 5.92 Å². The fourth-order valence-electron chi connectivity index (χ4n) is 4.24. The molecule has 1 aliphatic heterocycles. The fraction of sp³-hybridized carbons (Fsp3) is 0.417. The van der Waals surface area contributed by atoms with Crippen molar-refractivity contribution in [3.05, 3.63) is 75.2 Å². The Labute approximate surface area is 182 Å². The summed E-state index contributed by atoms with van der Waals surface area (Å²) in [7, 11) is 0. The molecule has 2 aromatic heterocycles. The van der Waals surface area contributed by atoms with E-state index in [1.807, 2.05) is 41.1 Å². The minimum atomic E-state index is 0.0144. The molecule has 0 bridgehead atoms. The van der Waals surface area contributed by atoms with Gasteiger partial charge in [0.05, 0.1) is 12.2 Å². The van der Waals surface area contributed by atoms with Crippen LogP contribution in [0.5, 0.6) is 0 Å². The van der Waals surface area contributed by atoms with Crippen LogP contribution in [0.15, 0.2) is 47.8 Å². The molecule has 0 radical (unpaired) electrons. The lowest BCUT2D eigenvalue weighted by Crippen LogP contribution is -2.40. The molecular weight excluding hydrogens is 392 g/mol. The summed E-state index contributed by atoms with van der Waals surface area (Å²) in [4.78, 5) is 16.7. The van der Waals surface area contributed by atoms with Crippen LogP contribution in [0, 0.1) is 19.8 Å². The number of amides is 1. The molecule has 0 spiro atoms. The van der Waals surface area contributed by atoms with E-state index in [1.54, 1.807) is 0 Å². The Kier molecular flexibility index (Phi) is 6.65. The number of rotatable bonds is 7. The summed E-state index contributed by atoms with van der Waals surface area (Å²) in [5.74, 6) is 0.529. The summed E-state index contributed by atoms with van der Waals surface area (Å²) in [6, 6.07) is 14.3. The molecule has 5 nitrogen and oxygen atoms in total. The minimum absolute atomic E-state index is 0.0144. The van der Waals surface area contributed by atoms with E-state index in [0.717, 1.165) is 48.7 Å². The lowest BCUT2D eigenvalue weighted by molar-refractivity contribution is 0.0930. The van der Waals surface area contributed by atoms with E-state index in [0.29, 0.717) is 12.5 Å². The third-order valence-corrected chi connectivity index (χ3v) is 6.60. The highest BCUT2D eigenvalue weighted by Gasteiger charge is 2.21. The van der Waals surface area contributed by atoms with Gasteiger partial charge < -0.3 is 5.32 Å². The van der Waals surface area contributed by atoms with Crippen LogP contribution in [0.4, 0.5) is 0 Å². The van der Waals surface area contributed by atoms with E-state index in [1.165, 1.54) is 17.7 Å². The van der Waals surface area contributed by atoms with Gasteiger partial charge in [-0.15, -0.1) is 11.3 Å². The van der Waals surface area contributed by atoms with Crippen molar-refractivity contribution < 1.29 is 4.79 Å². The molecule has 6 heteroatoms. The lowest BCUT2D eigenvalue weighted by Gasteiger charge is -2.32. The van der Waals surface area contributed by atoms with E-state index in [9.17, 15) is 4.79 Å².